The summed E-state index contributed by atoms with van der Waals surface area (Å²) in [7, 11) is 0. The molecule has 224 valence electrons. The van der Waals surface area contributed by atoms with Gasteiger partial charge in [0.05, 0.1) is 40.8 Å². The number of amides is 3. The van der Waals surface area contributed by atoms with E-state index in [1.54, 1.807) is 46.2 Å². The van der Waals surface area contributed by atoms with Crippen molar-refractivity contribution in [3.8, 4) is 0 Å². The van der Waals surface area contributed by atoms with Gasteiger partial charge in [-0.15, -0.1) is 13.2 Å². The monoisotopic (exact) mass is 585 g/mol. The first-order valence-electron chi connectivity index (χ1n) is 14.8. The van der Waals surface area contributed by atoms with Gasteiger partial charge in [-0.05, 0) is 44.2 Å². The molecule has 8 nitrogen and oxygen atoms in total. The number of hydrogen-bond donors (Lipinski definition) is 1. The number of anilines is 1. The maximum atomic E-state index is 14.8. The second-order valence-electron chi connectivity index (χ2n) is 11.9. The molecule has 3 heterocycles. The van der Waals surface area contributed by atoms with Crippen LogP contribution in [-0.2, 0) is 19.1 Å². The third kappa shape index (κ3) is 5.02. The molecular formula is C32H44ClN3O5. The number of fused-ring (bicyclic) bond motifs is 1. The molecule has 2 bridgehead atoms. The Bertz CT molecular complexity index is 1190. The Labute approximate surface area is 248 Å². The summed E-state index contributed by atoms with van der Waals surface area (Å²) in [5.74, 6) is -2.51. The van der Waals surface area contributed by atoms with Crippen LogP contribution in [-0.4, -0.2) is 82.2 Å². The van der Waals surface area contributed by atoms with Crippen LogP contribution in [0, 0.1) is 17.8 Å². The van der Waals surface area contributed by atoms with Crippen LogP contribution in [0.2, 0.25) is 5.02 Å². The van der Waals surface area contributed by atoms with Crippen LogP contribution in [0.1, 0.15) is 53.4 Å². The highest BCUT2D eigenvalue weighted by Gasteiger charge is 2.79. The zero-order chi connectivity index (χ0) is 30.1. The maximum Gasteiger partial charge on any atom is 0.253 e. The minimum atomic E-state index is -1.21. The first-order valence-corrected chi connectivity index (χ1v) is 15.1. The van der Waals surface area contributed by atoms with Gasteiger partial charge in [0.15, 0.2) is 0 Å². The Morgan fingerprint density at radius 1 is 1.20 bits per heavy atom. The van der Waals surface area contributed by atoms with Gasteiger partial charge >= 0.3 is 0 Å². The van der Waals surface area contributed by atoms with Gasteiger partial charge in [0.2, 0.25) is 11.8 Å². The molecule has 7 atom stereocenters. The van der Waals surface area contributed by atoms with Crippen LogP contribution in [0.5, 0.6) is 0 Å². The van der Waals surface area contributed by atoms with E-state index in [9.17, 15) is 19.5 Å². The zero-order valence-electron chi connectivity index (χ0n) is 24.7. The second kappa shape index (κ2) is 12.3. The number of carbonyl (C=O) groups excluding carboxylic acids is 3. The van der Waals surface area contributed by atoms with Gasteiger partial charge in [-0.25, -0.2) is 0 Å². The summed E-state index contributed by atoms with van der Waals surface area (Å²) in [4.78, 5) is 48.4. The molecule has 3 amide bonds. The molecule has 2 unspecified atom stereocenters. The number of aliphatic hydroxyl groups is 1. The molecule has 3 aliphatic rings. The summed E-state index contributed by atoms with van der Waals surface area (Å²) < 4.78 is 6.82. The number of halogens is 1. The maximum absolute atomic E-state index is 14.8. The number of likely N-dealkylation sites (tertiary alicyclic amines) is 1. The van der Waals surface area contributed by atoms with Crippen LogP contribution < -0.4 is 4.90 Å². The number of benzene rings is 1. The van der Waals surface area contributed by atoms with Crippen molar-refractivity contribution in [1.82, 2.24) is 9.80 Å². The predicted molar refractivity (Wildman–Crippen MR) is 160 cm³/mol. The summed E-state index contributed by atoms with van der Waals surface area (Å²) in [6, 6.07) is 5.40. The largest absolute Gasteiger partial charge is 0.394 e. The van der Waals surface area contributed by atoms with Gasteiger partial charge in [0, 0.05) is 19.6 Å². The first-order chi connectivity index (χ1) is 19.6. The number of rotatable bonds is 13. The Morgan fingerprint density at radius 3 is 2.46 bits per heavy atom. The molecule has 0 aliphatic carbocycles. The molecule has 4 rings (SSSR count). The number of nitrogens with zero attached hydrogens (tertiary/aromatic N) is 3. The molecule has 3 fully saturated rings. The van der Waals surface area contributed by atoms with E-state index in [0.717, 1.165) is 6.42 Å². The molecule has 1 N–H and O–H groups in total. The summed E-state index contributed by atoms with van der Waals surface area (Å²) in [5.41, 5.74) is -1.60. The minimum absolute atomic E-state index is 0.0954. The highest BCUT2D eigenvalue weighted by molar-refractivity contribution is 6.34. The van der Waals surface area contributed by atoms with Gasteiger partial charge in [-0.1, -0.05) is 63.1 Å². The van der Waals surface area contributed by atoms with Crippen molar-refractivity contribution < 1.29 is 24.2 Å². The van der Waals surface area contributed by atoms with Crippen molar-refractivity contribution in [2.75, 3.05) is 31.1 Å². The molecular weight excluding hydrogens is 542 g/mol. The van der Waals surface area contributed by atoms with Crippen molar-refractivity contribution in [1.29, 1.82) is 0 Å². The zero-order valence-corrected chi connectivity index (χ0v) is 25.5. The standard InChI is InChI=1S/C32H44ClN3O5/c1-7-17-34(18-8-2)28(38)25-26-29(39)36(24(20-37)21(5)10-4)27(32(26)16-15-31(25,6)41-32)30(40)35(19-9-3)23-14-12-11-13-22(23)33/h7,9,11-14,21,24-27,37H,1,3,8,10,15-20H2,2,4-6H3/t21-,24-,25-,26-,27?,31+,32?/m0/s1. The number of ether oxygens (including phenoxy) is 1. The van der Waals surface area contributed by atoms with Crippen molar-refractivity contribution in [2.24, 2.45) is 17.8 Å². The second-order valence-corrected chi connectivity index (χ2v) is 12.3. The molecule has 9 heteroatoms. The van der Waals surface area contributed by atoms with E-state index in [1.807, 2.05) is 27.7 Å². The van der Waals surface area contributed by atoms with Crippen molar-refractivity contribution in [2.45, 2.75) is 76.7 Å². The smallest absolute Gasteiger partial charge is 0.253 e. The lowest BCUT2D eigenvalue weighted by atomic mass is 9.66. The summed E-state index contributed by atoms with van der Waals surface area (Å²) in [5, 5.41) is 11.0. The fourth-order valence-corrected chi connectivity index (χ4v) is 7.60. The molecule has 0 aromatic heterocycles. The lowest BCUT2D eigenvalue weighted by molar-refractivity contribution is -0.153. The number of hydrogen-bond acceptors (Lipinski definition) is 5. The van der Waals surface area contributed by atoms with E-state index in [0.29, 0.717) is 43.1 Å². The van der Waals surface area contributed by atoms with Crippen LogP contribution in [0.15, 0.2) is 49.6 Å². The molecule has 41 heavy (non-hydrogen) atoms. The highest BCUT2D eigenvalue weighted by atomic mass is 35.5. The number of para-hydroxylation sites is 1. The van der Waals surface area contributed by atoms with Crippen molar-refractivity contribution in [3.05, 3.63) is 54.6 Å². The molecule has 3 saturated heterocycles. The SMILES string of the molecule is C=CCN(CCC)C(=O)[C@@H]1[C@H]2C(=O)N([C@@H](CO)[C@@H](C)CC)C(C(=O)N(CC=C)c3ccccc3Cl)C23CC[C@@]1(C)O3. The lowest BCUT2D eigenvalue weighted by Crippen LogP contribution is -2.60. The van der Waals surface area contributed by atoms with Crippen LogP contribution >= 0.6 is 11.6 Å². The quantitative estimate of drug-likeness (QED) is 0.345. The summed E-state index contributed by atoms with van der Waals surface area (Å²) in [6.07, 6.45) is 5.76. The average Bonchev–Trinajstić information content (AvgIpc) is 3.52. The fraction of sp³-hybridized carbons (Fsp3) is 0.594. The number of aliphatic hydroxyl groups excluding tert-OH is 1. The van der Waals surface area contributed by atoms with Crippen LogP contribution in [0.3, 0.4) is 0 Å². The van der Waals surface area contributed by atoms with E-state index in [1.165, 1.54) is 4.90 Å². The normalized spacial score (nSPS) is 29.7. The van der Waals surface area contributed by atoms with Crippen molar-refractivity contribution >= 4 is 35.0 Å². The Balaban J connectivity index is 1.88. The van der Waals surface area contributed by atoms with Crippen molar-refractivity contribution in [3.63, 3.8) is 0 Å². The number of carbonyl (C=O) groups is 3. The van der Waals surface area contributed by atoms with E-state index >= 15 is 0 Å². The van der Waals surface area contributed by atoms with Gasteiger partial charge in [0.1, 0.15) is 11.6 Å². The first kappa shape index (κ1) is 31.3. The lowest BCUT2D eigenvalue weighted by Gasteiger charge is -2.41. The third-order valence-electron chi connectivity index (χ3n) is 9.44. The molecule has 1 spiro atoms. The predicted octanol–water partition coefficient (Wildman–Crippen LogP) is 4.46. The topological polar surface area (TPSA) is 90.4 Å². The van der Waals surface area contributed by atoms with Gasteiger partial charge in [0.25, 0.3) is 5.91 Å². The van der Waals surface area contributed by atoms with E-state index in [2.05, 4.69) is 13.2 Å². The summed E-state index contributed by atoms with van der Waals surface area (Å²) in [6.45, 7) is 16.3. The average molecular weight is 586 g/mol. The van der Waals surface area contributed by atoms with Gasteiger partial charge < -0.3 is 24.5 Å². The van der Waals surface area contributed by atoms with E-state index in [-0.39, 0.29) is 36.8 Å². The molecule has 1 aromatic carbocycles. The Kier molecular flexibility index (Phi) is 9.36. The van der Waals surface area contributed by atoms with Crippen LogP contribution in [0.25, 0.3) is 0 Å². The minimum Gasteiger partial charge on any atom is -0.394 e. The van der Waals surface area contributed by atoms with Crippen LogP contribution in [0.4, 0.5) is 5.69 Å². The Morgan fingerprint density at radius 2 is 1.88 bits per heavy atom. The molecule has 3 aliphatic heterocycles. The molecule has 0 radical (unpaired) electrons. The molecule has 0 saturated carbocycles. The fourth-order valence-electron chi connectivity index (χ4n) is 7.36. The van der Waals surface area contributed by atoms with E-state index < -0.39 is 35.1 Å². The molecule has 1 aromatic rings. The van der Waals surface area contributed by atoms with Gasteiger partial charge in [-0.2, -0.15) is 0 Å². The van der Waals surface area contributed by atoms with Gasteiger partial charge in [-0.3, -0.25) is 14.4 Å². The summed E-state index contributed by atoms with van der Waals surface area (Å²) >= 11 is 6.56. The Hall–Kier alpha value is -2.68. The van der Waals surface area contributed by atoms with E-state index in [4.69, 9.17) is 16.3 Å². The third-order valence-corrected chi connectivity index (χ3v) is 9.75. The highest BCUT2D eigenvalue weighted by Crippen LogP contribution is 2.64.